The van der Waals surface area contributed by atoms with Crippen LogP contribution in [0.2, 0.25) is 0 Å². The van der Waals surface area contributed by atoms with E-state index in [0.717, 1.165) is 54.6 Å². The predicted octanol–water partition coefficient (Wildman–Crippen LogP) is 13.4. The molecule has 15 rings (SSSR count). The van der Waals surface area contributed by atoms with Gasteiger partial charge in [-0.25, -0.2) is 0 Å². The van der Waals surface area contributed by atoms with Gasteiger partial charge >= 0.3 is 0 Å². The Hall–Kier alpha value is -7.45. The Bertz CT molecular complexity index is 3910. The summed E-state index contributed by atoms with van der Waals surface area (Å²) in [7, 11) is 0. The van der Waals surface area contributed by atoms with Crippen molar-refractivity contribution >= 4 is 22.5 Å². The number of ether oxygens (including phenoxy) is 15. The van der Waals surface area contributed by atoms with Crippen molar-refractivity contribution in [2.24, 2.45) is 0 Å². The minimum absolute atomic E-state index is 0.0116. The maximum absolute atomic E-state index is 7.78. The number of hydrogen-bond donors (Lipinski definition) is 0. The third-order valence-electron chi connectivity index (χ3n) is 17.9. The van der Waals surface area contributed by atoms with E-state index in [1.165, 1.54) is 0 Å². The molecule has 0 amide bonds. The number of thioether (sulfide) groups is 1. The standard InChI is InChI=1S/C79H74O15S/c1-8-26-52(27-9-1)46-81-71-68(80-45-25-41-56-40-24-39-55-32-22-23-44-61(55)56)65-62(49-84-74(90-65)57-33-14-4-15-34-57)87-77(71)93-69-66-63(50-85-75(91-66)58-35-16-5-17-36-58)88-78(72(69)82-47-53-28-10-2-11-29-53)94-70-67-64(51-86-76(92-67)59-37-18-6-19-38-59)89-79(95-60-42-20-7-21-43-60)73(70)83-48-54-30-12-3-13-31-54/h1-24,26-40,42-44,62-79H,45-51H2/t62-,63-,64-,65-,66-,67-,68+,69+,70+,71+,72+,73+,74-,75-,76-,77+,78+,79-/m1/s1. The van der Waals surface area contributed by atoms with Crippen LogP contribution >= 0.6 is 11.8 Å². The second kappa shape index (κ2) is 30.7. The van der Waals surface area contributed by atoms with Crippen LogP contribution in [0.3, 0.4) is 0 Å². The molecule has 6 aliphatic rings. The third-order valence-corrected chi connectivity index (χ3v) is 19.0. The first-order valence-electron chi connectivity index (χ1n) is 32.6. The fourth-order valence-corrected chi connectivity index (χ4v) is 14.3. The SMILES string of the molecule is C(#Cc1cccc2ccccc12)CO[C@@H]1[C@H](OCc2ccccc2)[C@H](O[C@@H]2[C@H](OCc3ccccc3)[C@H](O[C@@H]3[C@H](OCc4ccccc4)[C@@H](Sc4ccccc4)O[C@@H]4CO[C@@H](c5ccccc5)O[C@@H]34)O[C@@H]3CO[C@@H](c4ccccc4)O[C@@H]23)O[C@@H]2CO[C@@H](c3ccccc3)O[C@@H]12. The molecule has 6 fully saturated rings. The fraction of sp³-hybridized carbons (Fsp3) is 0.316. The lowest BCUT2D eigenvalue weighted by Crippen LogP contribution is -2.69. The van der Waals surface area contributed by atoms with Gasteiger partial charge < -0.3 is 71.1 Å². The molecule has 0 aromatic heterocycles. The molecule has 95 heavy (non-hydrogen) atoms. The number of benzene rings is 9. The van der Waals surface area contributed by atoms with Crippen molar-refractivity contribution in [3.63, 3.8) is 0 Å². The van der Waals surface area contributed by atoms with Crippen LogP contribution < -0.4 is 0 Å². The van der Waals surface area contributed by atoms with Crippen molar-refractivity contribution < 1.29 is 71.1 Å². The third kappa shape index (κ3) is 15.1. The van der Waals surface area contributed by atoms with E-state index in [1.54, 1.807) is 11.8 Å². The smallest absolute Gasteiger partial charge is 0.187 e. The van der Waals surface area contributed by atoms with Crippen LogP contribution in [0.25, 0.3) is 10.8 Å². The first-order valence-corrected chi connectivity index (χ1v) is 33.5. The molecule has 0 N–H and O–H groups in total. The predicted molar refractivity (Wildman–Crippen MR) is 354 cm³/mol. The summed E-state index contributed by atoms with van der Waals surface area (Å²) in [6, 6.07) is 84.1. The summed E-state index contributed by atoms with van der Waals surface area (Å²) < 4.78 is 107. The second-order valence-electron chi connectivity index (χ2n) is 24.2. The molecule has 6 saturated heterocycles. The minimum atomic E-state index is -1.22. The average Bonchev–Trinajstić information content (AvgIpc) is 0.763. The Morgan fingerprint density at radius 3 is 1.23 bits per heavy atom. The van der Waals surface area contributed by atoms with Crippen molar-refractivity contribution in [3.05, 3.63) is 294 Å². The summed E-state index contributed by atoms with van der Waals surface area (Å²) in [4.78, 5) is 0.976. The molecule has 0 saturated carbocycles. The summed E-state index contributed by atoms with van der Waals surface area (Å²) >= 11 is 1.55. The lowest BCUT2D eigenvalue weighted by atomic mass is 9.94. The van der Waals surface area contributed by atoms with E-state index in [0.29, 0.717) is 0 Å². The first-order chi connectivity index (χ1) is 47.1. The highest BCUT2D eigenvalue weighted by atomic mass is 32.2. The summed E-state index contributed by atoms with van der Waals surface area (Å²) in [5, 5.41) is 2.14. The number of hydrogen-bond acceptors (Lipinski definition) is 16. The van der Waals surface area contributed by atoms with E-state index in [-0.39, 0.29) is 46.2 Å². The lowest BCUT2D eigenvalue weighted by Gasteiger charge is -2.54. The van der Waals surface area contributed by atoms with Crippen molar-refractivity contribution in [2.45, 2.75) is 135 Å². The van der Waals surface area contributed by atoms with Gasteiger partial charge in [0.1, 0.15) is 85.3 Å². The first kappa shape index (κ1) is 63.6. The second-order valence-corrected chi connectivity index (χ2v) is 25.4. The monoisotopic (exact) mass is 1290 g/mol. The molecule has 0 spiro atoms. The van der Waals surface area contributed by atoms with Gasteiger partial charge in [0, 0.05) is 27.1 Å². The van der Waals surface area contributed by atoms with Gasteiger partial charge in [0.2, 0.25) is 0 Å². The van der Waals surface area contributed by atoms with Crippen LogP contribution in [-0.4, -0.2) is 118 Å². The van der Waals surface area contributed by atoms with Gasteiger partial charge in [0.05, 0.1) is 39.6 Å². The number of fused-ring (bicyclic) bond motifs is 4. The van der Waals surface area contributed by atoms with Gasteiger partial charge in [-0.05, 0) is 45.7 Å². The van der Waals surface area contributed by atoms with Gasteiger partial charge in [-0.2, -0.15) is 0 Å². The zero-order valence-electron chi connectivity index (χ0n) is 52.1. The van der Waals surface area contributed by atoms with Crippen molar-refractivity contribution in [1.82, 2.24) is 0 Å². The molecule has 0 bridgehead atoms. The Morgan fingerprint density at radius 2 is 0.737 bits per heavy atom. The lowest BCUT2D eigenvalue weighted by molar-refractivity contribution is -0.421. The van der Waals surface area contributed by atoms with Gasteiger partial charge in [0.15, 0.2) is 31.5 Å². The molecule has 0 unspecified atom stereocenters. The average molecular weight is 1300 g/mol. The zero-order chi connectivity index (χ0) is 63.5. The Morgan fingerprint density at radius 1 is 0.347 bits per heavy atom. The largest absolute Gasteiger partial charge is 0.367 e. The van der Waals surface area contributed by atoms with E-state index in [1.807, 2.05) is 224 Å². The fourth-order valence-electron chi connectivity index (χ4n) is 13.2. The summed E-state index contributed by atoms with van der Waals surface area (Å²) in [5.41, 5.74) is 5.54. The zero-order valence-corrected chi connectivity index (χ0v) is 52.9. The topological polar surface area (TPSA) is 138 Å². The van der Waals surface area contributed by atoms with E-state index in [2.05, 4.69) is 42.2 Å². The summed E-state index contributed by atoms with van der Waals surface area (Å²) in [6.45, 7) is 0.948. The van der Waals surface area contributed by atoms with Crippen LogP contribution in [0.15, 0.2) is 260 Å². The Balaban J connectivity index is 0.831. The van der Waals surface area contributed by atoms with Gasteiger partial charge in [-0.15, -0.1) is 0 Å². The highest BCUT2D eigenvalue weighted by Crippen LogP contribution is 2.46. The molecule has 9 aromatic rings. The van der Waals surface area contributed by atoms with Crippen LogP contribution in [0, 0.1) is 11.8 Å². The Kier molecular flexibility index (Phi) is 20.6. The summed E-state index contributed by atoms with van der Waals surface area (Å²) in [5.74, 6) is 6.77. The van der Waals surface area contributed by atoms with Crippen LogP contribution in [-0.2, 0) is 90.9 Å². The van der Waals surface area contributed by atoms with E-state index < -0.39 is 110 Å². The van der Waals surface area contributed by atoms with Gasteiger partial charge in [-0.3, -0.25) is 0 Å². The van der Waals surface area contributed by atoms with E-state index in [4.69, 9.17) is 71.1 Å². The Labute approximate surface area is 557 Å². The van der Waals surface area contributed by atoms with E-state index >= 15 is 0 Å². The molecule has 0 aliphatic carbocycles. The number of rotatable bonds is 20. The highest BCUT2D eigenvalue weighted by Gasteiger charge is 2.60. The molecule has 6 aliphatic heterocycles. The van der Waals surface area contributed by atoms with Gasteiger partial charge in [0.25, 0.3) is 0 Å². The van der Waals surface area contributed by atoms with Crippen molar-refractivity contribution in [3.8, 4) is 11.8 Å². The molecule has 486 valence electrons. The molecular weight excluding hydrogens is 1220 g/mol. The quantitative estimate of drug-likeness (QED) is 0.0668. The van der Waals surface area contributed by atoms with Gasteiger partial charge in [-0.1, -0.05) is 260 Å². The van der Waals surface area contributed by atoms with E-state index in [9.17, 15) is 0 Å². The highest BCUT2D eigenvalue weighted by molar-refractivity contribution is 7.99. The van der Waals surface area contributed by atoms with Crippen LogP contribution in [0.5, 0.6) is 0 Å². The molecule has 16 heteroatoms. The molecular formula is C79H74O15S. The molecule has 18 atom stereocenters. The molecule has 0 radical (unpaired) electrons. The maximum Gasteiger partial charge on any atom is 0.187 e. The normalized spacial score (nSPS) is 30.4. The van der Waals surface area contributed by atoms with Crippen LogP contribution in [0.1, 0.15) is 57.8 Å². The molecule has 15 nitrogen and oxygen atoms in total. The van der Waals surface area contributed by atoms with Crippen molar-refractivity contribution in [1.29, 1.82) is 0 Å². The van der Waals surface area contributed by atoms with Crippen LogP contribution in [0.4, 0.5) is 0 Å². The minimum Gasteiger partial charge on any atom is -0.367 e. The maximum atomic E-state index is 7.78. The molecule has 6 heterocycles. The molecule has 9 aromatic carbocycles. The van der Waals surface area contributed by atoms with Crippen molar-refractivity contribution in [2.75, 3.05) is 26.4 Å². The summed E-state index contributed by atoms with van der Waals surface area (Å²) in [6.07, 6.45) is -14.8.